The van der Waals surface area contributed by atoms with Crippen molar-refractivity contribution < 1.29 is 5.11 Å². The second-order valence-electron chi connectivity index (χ2n) is 3.43. The SMILES string of the molecule is CCCCCCC/C=C/C(O)CN. The Balaban J connectivity index is 3.10. The smallest absolute Gasteiger partial charge is 0.0843 e. The van der Waals surface area contributed by atoms with Crippen LogP contribution in [0, 0.1) is 0 Å². The van der Waals surface area contributed by atoms with E-state index in [2.05, 4.69) is 6.92 Å². The van der Waals surface area contributed by atoms with Crippen LogP contribution in [-0.4, -0.2) is 17.8 Å². The summed E-state index contributed by atoms with van der Waals surface area (Å²) < 4.78 is 0. The number of hydrogen-bond donors (Lipinski definition) is 2. The molecule has 0 saturated carbocycles. The lowest BCUT2D eigenvalue weighted by atomic mass is 10.1. The monoisotopic (exact) mass is 185 g/mol. The molecule has 2 nitrogen and oxygen atoms in total. The number of unbranched alkanes of at least 4 members (excludes halogenated alkanes) is 5. The molecule has 0 spiro atoms. The first-order valence-corrected chi connectivity index (χ1v) is 5.36. The first-order valence-electron chi connectivity index (χ1n) is 5.36. The molecule has 0 heterocycles. The van der Waals surface area contributed by atoms with E-state index in [4.69, 9.17) is 10.8 Å². The summed E-state index contributed by atoms with van der Waals surface area (Å²) >= 11 is 0. The first kappa shape index (κ1) is 12.7. The molecule has 13 heavy (non-hydrogen) atoms. The largest absolute Gasteiger partial charge is 0.388 e. The van der Waals surface area contributed by atoms with Gasteiger partial charge in [-0.05, 0) is 12.8 Å². The van der Waals surface area contributed by atoms with Gasteiger partial charge in [0.1, 0.15) is 0 Å². The van der Waals surface area contributed by atoms with E-state index in [9.17, 15) is 0 Å². The van der Waals surface area contributed by atoms with Gasteiger partial charge in [0.05, 0.1) is 6.10 Å². The molecule has 0 radical (unpaired) electrons. The standard InChI is InChI=1S/C11H23NO/c1-2-3-4-5-6-7-8-9-11(13)10-12/h8-9,11,13H,2-7,10,12H2,1H3/b9-8+. The number of hydrogen-bond acceptors (Lipinski definition) is 2. The molecule has 1 atom stereocenters. The van der Waals surface area contributed by atoms with Crippen molar-refractivity contribution in [3.63, 3.8) is 0 Å². The molecule has 0 aliphatic carbocycles. The summed E-state index contributed by atoms with van der Waals surface area (Å²) in [6.07, 6.45) is 10.9. The Morgan fingerprint density at radius 1 is 1.23 bits per heavy atom. The Hall–Kier alpha value is -0.340. The van der Waals surface area contributed by atoms with Gasteiger partial charge in [0.15, 0.2) is 0 Å². The van der Waals surface area contributed by atoms with Crippen LogP contribution in [-0.2, 0) is 0 Å². The molecular weight excluding hydrogens is 162 g/mol. The van der Waals surface area contributed by atoms with Gasteiger partial charge in [0.25, 0.3) is 0 Å². The van der Waals surface area contributed by atoms with Crippen LogP contribution in [0.5, 0.6) is 0 Å². The molecule has 0 amide bonds. The third-order valence-corrected chi connectivity index (χ3v) is 2.07. The first-order chi connectivity index (χ1) is 6.31. The summed E-state index contributed by atoms with van der Waals surface area (Å²) in [5.74, 6) is 0. The Labute approximate surface area is 81.8 Å². The normalized spacial score (nSPS) is 13.8. The topological polar surface area (TPSA) is 46.2 Å². The highest BCUT2D eigenvalue weighted by atomic mass is 16.3. The summed E-state index contributed by atoms with van der Waals surface area (Å²) in [6, 6.07) is 0. The van der Waals surface area contributed by atoms with E-state index in [0.717, 1.165) is 6.42 Å². The minimum atomic E-state index is -0.448. The van der Waals surface area contributed by atoms with Crippen LogP contribution < -0.4 is 5.73 Å². The highest BCUT2D eigenvalue weighted by Crippen LogP contribution is 2.05. The third-order valence-electron chi connectivity index (χ3n) is 2.07. The molecule has 0 bridgehead atoms. The van der Waals surface area contributed by atoms with Crippen LogP contribution in [0.25, 0.3) is 0 Å². The average molecular weight is 185 g/mol. The lowest BCUT2D eigenvalue weighted by Crippen LogP contribution is -2.16. The fraction of sp³-hybridized carbons (Fsp3) is 0.818. The predicted molar refractivity (Wildman–Crippen MR) is 57.6 cm³/mol. The molecule has 0 aromatic carbocycles. The van der Waals surface area contributed by atoms with E-state index >= 15 is 0 Å². The van der Waals surface area contributed by atoms with Crippen molar-refractivity contribution in [1.82, 2.24) is 0 Å². The molecule has 0 saturated heterocycles. The average Bonchev–Trinajstić information content (AvgIpc) is 2.16. The zero-order valence-electron chi connectivity index (χ0n) is 8.71. The summed E-state index contributed by atoms with van der Waals surface area (Å²) in [5, 5.41) is 9.09. The van der Waals surface area contributed by atoms with E-state index in [1.807, 2.05) is 6.08 Å². The zero-order valence-corrected chi connectivity index (χ0v) is 8.71. The van der Waals surface area contributed by atoms with Gasteiger partial charge >= 0.3 is 0 Å². The van der Waals surface area contributed by atoms with Crippen LogP contribution >= 0.6 is 0 Å². The van der Waals surface area contributed by atoms with Crippen molar-refractivity contribution in [3.05, 3.63) is 12.2 Å². The molecule has 1 unspecified atom stereocenters. The van der Waals surface area contributed by atoms with Crippen molar-refractivity contribution in [2.24, 2.45) is 5.73 Å². The molecule has 0 fully saturated rings. The quantitative estimate of drug-likeness (QED) is 0.450. The summed E-state index contributed by atoms with van der Waals surface area (Å²) in [5.41, 5.74) is 5.25. The predicted octanol–water partition coefficient (Wildman–Crippen LogP) is 2.22. The van der Waals surface area contributed by atoms with E-state index in [0.29, 0.717) is 6.54 Å². The second kappa shape index (κ2) is 9.75. The van der Waals surface area contributed by atoms with Gasteiger partial charge in [0.2, 0.25) is 0 Å². The van der Waals surface area contributed by atoms with Crippen molar-refractivity contribution in [2.75, 3.05) is 6.54 Å². The van der Waals surface area contributed by atoms with Gasteiger partial charge in [0, 0.05) is 6.54 Å². The van der Waals surface area contributed by atoms with Crippen LogP contribution in [0.4, 0.5) is 0 Å². The Bertz CT molecular complexity index is 123. The van der Waals surface area contributed by atoms with Crippen molar-refractivity contribution in [2.45, 2.75) is 51.6 Å². The van der Waals surface area contributed by atoms with Gasteiger partial charge in [-0.2, -0.15) is 0 Å². The Kier molecular flexibility index (Phi) is 9.49. The third kappa shape index (κ3) is 9.57. The number of aliphatic hydroxyl groups is 1. The molecule has 3 N–H and O–H groups in total. The Morgan fingerprint density at radius 3 is 2.54 bits per heavy atom. The molecule has 2 heteroatoms. The van der Waals surface area contributed by atoms with E-state index in [-0.39, 0.29) is 0 Å². The van der Waals surface area contributed by atoms with Gasteiger partial charge in [-0.1, -0.05) is 44.8 Å². The van der Waals surface area contributed by atoms with Crippen molar-refractivity contribution in [1.29, 1.82) is 0 Å². The summed E-state index contributed by atoms with van der Waals surface area (Å²) in [7, 11) is 0. The second-order valence-corrected chi connectivity index (χ2v) is 3.43. The highest BCUT2D eigenvalue weighted by molar-refractivity contribution is 4.88. The van der Waals surface area contributed by atoms with Gasteiger partial charge < -0.3 is 10.8 Å². The van der Waals surface area contributed by atoms with Crippen LogP contribution in [0.2, 0.25) is 0 Å². The van der Waals surface area contributed by atoms with Crippen molar-refractivity contribution >= 4 is 0 Å². The van der Waals surface area contributed by atoms with Crippen LogP contribution in [0.15, 0.2) is 12.2 Å². The molecule has 0 aliphatic heterocycles. The van der Waals surface area contributed by atoms with Crippen LogP contribution in [0.3, 0.4) is 0 Å². The lowest BCUT2D eigenvalue weighted by Gasteiger charge is -1.99. The maximum absolute atomic E-state index is 9.09. The number of allylic oxidation sites excluding steroid dienone is 1. The molecular formula is C11H23NO. The summed E-state index contributed by atoms with van der Waals surface area (Å²) in [4.78, 5) is 0. The van der Waals surface area contributed by atoms with E-state index in [1.54, 1.807) is 6.08 Å². The minimum absolute atomic E-state index is 0.326. The zero-order chi connectivity index (χ0) is 9.94. The molecule has 0 aromatic rings. The van der Waals surface area contributed by atoms with Gasteiger partial charge in [-0.25, -0.2) is 0 Å². The number of nitrogens with two attached hydrogens (primary N) is 1. The fourth-order valence-corrected chi connectivity index (χ4v) is 1.20. The van der Waals surface area contributed by atoms with Crippen molar-refractivity contribution in [3.8, 4) is 0 Å². The highest BCUT2D eigenvalue weighted by Gasteiger charge is 1.91. The Morgan fingerprint density at radius 2 is 1.92 bits per heavy atom. The summed E-state index contributed by atoms with van der Waals surface area (Å²) in [6.45, 7) is 2.55. The van der Waals surface area contributed by atoms with E-state index < -0.39 is 6.10 Å². The maximum atomic E-state index is 9.09. The van der Waals surface area contributed by atoms with Gasteiger partial charge in [-0.3, -0.25) is 0 Å². The van der Waals surface area contributed by atoms with Gasteiger partial charge in [-0.15, -0.1) is 0 Å². The number of rotatable bonds is 8. The minimum Gasteiger partial charge on any atom is -0.388 e. The molecule has 0 aromatic heterocycles. The van der Waals surface area contributed by atoms with E-state index in [1.165, 1.54) is 32.1 Å². The maximum Gasteiger partial charge on any atom is 0.0843 e. The molecule has 78 valence electrons. The molecule has 0 aliphatic rings. The van der Waals surface area contributed by atoms with Crippen LogP contribution in [0.1, 0.15) is 45.4 Å². The fourth-order valence-electron chi connectivity index (χ4n) is 1.20. The number of aliphatic hydroxyl groups excluding tert-OH is 1. The molecule has 0 rings (SSSR count). The lowest BCUT2D eigenvalue weighted by molar-refractivity contribution is 0.231.